The van der Waals surface area contributed by atoms with Gasteiger partial charge in [0.1, 0.15) is 5.76 Å². The molecule has 0 radical (unpaired) electrons. The van der Waals surface area contributed by atoms with Crippen LogP contribution in [0, 0.1) is 6.92 Å². The molecule has 7 heteroatoms. The Morgan fingerprint density at radius 2 is 2.04 bits per heavy atom. The van der Waals surface area contributed by atoms with E-state index in [9.17, 15) is 4.79 Å². The number of carbonyl (C=O) groups excluding carboxylic acids is 1. The van der Waals surface area contributed by atoms with Gasteiger partial charge in [-0.1, -0.05) is 11.6 Å². The van der Waals surface area contributed by atoms with Crippen molar-refractivity contribution in [1.82, 2.24) is 0 Å². The minimum absolute atomic E-state index is 0.161. The smallest absolute Gasteiger partial charge is 0.363 e. The van der Waals surface area contributed by atoms with Gasteiger partial charge in [0.2, 0.25) is 5.90 Å². The molecule has 0 unspecified atom stereocenters. The highest BCUT2D eigenvalue weighted by Crippen LogP contribution is 2.37. The molecular formula is C17H14ClNO5. The van der Waals surface area contributed by atoms with Gasteiger partial charge in [0.15, 0.2) is 17.2 Å². The minimum Gasteiger partial charge on any atom is -0.493 e. The lowest BCUT2D eigenvalue weighted by Crippen LogP contribution is -2.05. The normalized spacial score (nSPS) is 15.4. The second-order valence-electron chi connectivity index (χ2n) is 4.96. The lowest BCUT2D eigenvalue weighted by Gasteiger charge is -2.10. The molecule has 1 aromatic carbocycles. The third-order valence-corrected chi connectivity index (χ3v) is 3.75. The standard InChI is InChI=1S/C17H14ClNO5/c1-9-11(4-5-23-9)16-19-13(17(20)24-16)7-10-6-12(18)15(22-3)14(8-10)21-2/h4-8H,1-3H3/b13-7+. The molecule has 0 saturated heterocycles. The number of cyclic esters (lactones) is 1. The number of nitrogens with zero attached hydrogens (tertiary/aromatic N) is 1. The topological polar surface area (TPSA) is 70.3 Å². The quantitative estimate of drug-likeness (QED) is 0.624. The van der Waals surface area contributed by atoms with Gasteiger partial charge >= 0.3 is 5.97 Å². The maximum Gasteiger partial charge on any atom is 0.363 e. The Labute approximate surface area is 143 Å². The zero-order valence-corrected chi connectivity index (χ0v) is 14.0. The molecule has 124 valence electrons. The van der Waals surface area contributed by atoms with Gasteiger partial charge in [-0.05, 0) is 36.8 Å². The highest BCUT2D eigenvalue weighted by Gasteiger charge is 2.26. The average molecular weight is 348 g/mol. The summed E-state index contributed by atoms with van der Waals surface area (Å²) in [7, 11) is 3.01. The van der Waals surface area contributed by atoms with Gasteiger partial charge < -0.3 is 18.6 Å². The van der Waals surface area contributed by atoms with E-state index in [0.29, 0.717) is 33.4 Å². The Bertz CT molecular complexity index is 866. The van der Waals surface area contributed by atoms with Crippen molar-refractivity contribution < 1.29 is 23.4 Å². The maximum absolute atomic E-state index is 12.0. The van der Waals surface area contributed by atoms with Crippen molar-refractivity contribution in [3.8, 4) is 11.5 Å². The lowest BCUT2D eigenvalue weighted by molar-refractivity contribution is -0.129. The van der Waals surface area contributed by atoms with Crippen LogP contribution < -0.4 is 9.47 Å². The van der Waals surface area contributed by atoms with Crippen molar-refractivity contribution >= 4 is 29.5 Å². The summed E-state index contributed by atoms with van der Waals surface area (Å²) < 4.78 is 20.8. The van der Waals surface area contributed by atoms with Gasteiger partial charge in [-0.25, -0.2) is 9.79 Å². The molecule has 2 aromatic rings. The van der Waals surface area contributed by atoms with Gasteiger partial charge in [0.25, 0.3) is 0 Å². The first kappa shape index (κ1) is 16.1. The van der Waals surface area contributed by atoms with Gasteiger partial charge in [-0.15, -0.1) is 0 Å². The van der Waals surface area contributed by atoms with Gasteiger partial charge in [0.05, 0.1) is 31.1 Å². The SMILES string of the molecule is COc1cc(/C=C2/N=C(c3ccoc3C)OC2=O)cc(Cl)c1OC. The van der Waals surface area contributed by atoms with Crippen LogP contribution in [0.1, 0.15) is 16.9 Å². The maximum atomic E-state index is 12.0. The molecule has 0 aliphatic carbocycles. The first-order chi connectivity index (χ1) is 11.5. The summed E-state index contributed by atoms with van der Waals surface area (Å²) in [6, 6.07) is 5.04. The molecule has 24 heavy (non-hydrogen) atoms. The predicted octanol–water partition coefficient (Wildman–Crippen LogP) is 3.60. The van der Waals surface area contributed by atoms with Crippen molar-refractivity contribution in [2.75, 3.05) is 14.2 Å². The van der Waals surface area contributed by atoms with E-state index in [1.54, 1.807) is 31.2 Å². The summed E-state index contributed by atoms with van der Waals surface area (Å²) in [4.78, 5) is 16.3. The Morgan fingerprint density at radius 3 is 2.67 bits per heavy atom. The van der Waals surface area contributed by atoms with Crippen LogP contribution in [-0.4, -0.2) is 26.1 Å². The number of carbonyl (C=O) groups is 1. The van der Waals surface area contributed by atoms with E-state index in [4.69, 9.17) is 30.2 Å². The number of esters is 1. The third-order valence-electron chi connectivity index (χ3n) is 3.47. The van der Waals surface area contributed by atoms with Gasteiger partial charge in [-0.2, -0.15) is 0 Å². The van der Waals surface area contributed by atoms with Crippen LogP contribution in [-0.2, 0) is 9.53 Å². The van der Waals surface area contributed by atoms with E-state index < -0.39 is 5.97 Å². The fourth-order valence-electron chi connectivity index (χ4n) is 2.31. The highest BCUT2D eigenvalue weighted by molar-refractivity contribution is 6.32. The summed E-state index contributed by atoms with van der Waals surface area (Å²) in [5, 5.41) is 0.366. The number of aryl methyl sites for hydroxylation is 1. The lowest BCUT2D eigenvalue weighted by atomic mass is 10.1. The van der Waals surface area contributed by atoms with Crippen molar-refractivity contribution in [2.45, 2.75) is 6.92 Å². The Kier molecular flexibility index (Phi) is 4.31. The van der Waals surface area contributed by atoms with Crippen molar-refractivity contribution in [2.24, 2.45) is 4.99 Å². The van der Waals surface area contributed by atoms with E-state index in [-0.39, 0.29) is 11.6 Å². The molecule has 1 aromatic heterocycles. The second-order valence-corrected chi connectivity index (χ2v) is 5.37. The molecule has 1 aliphatic heterocycles. The monoisotopic (exact) mass is 347 g/mol. The fraction of sp³-hybridized carbons (Fsp3) is 0.176. The van der Waals surface area contributed by atoms with E-state index in [2.05, 4.69) is 4.99 Å². The molecule has 0 atom stereocenters. The fourth-order valence-corrected chi connectivity index (χ4v) is 2.61. The summed E-state index contributed by atoms with van der Waals surface area (Å²) in [5.74, 6) is 1.17. The molecule has 0 N–H and O–H groups in total. The molecule has 0 saturated carbocycles. The predicted molar refractivity (Wildman–Crippen MR) is 88.6 cm³/mol. The molecular weight excluding hydrogens is 334 g/mol. The zero-order valence-electron chi connectivity index (χ0n) is 13.3. The average Bonchev–Trinajstić information content (AvgIpc) is 3.13. The second kappa shape index (κ2) is 6.41. The molecule has 0 bridgehead atoms. The number of hydrogen-bond donors (Lipinski definition) is 0. The van der Waals surface area contributed by atoms with E-state index in [0.717, 1.165) is 0 Å². The molecule has 6 nitrogen and oxygen atoms in total. The van der Waals surface area contributed by atoms with Crippen molar-refractivity contribution in [1.29, 1.82) is 0 Å². The van der Waals surface area contributed by atoms with Crippen LogP contribution in [0.2, 0.25) is 5.02 Å². The molecule has 3 rings (SSSR count). The number of hydrogen-bond acceptors (Lipinski definition) is 6. The molecule has 0 fully saturated rings. The van der Waals surface area contributed by atoms with E-state index in [1.807, 2.05) is 0 Å². The number of halogens is 1. The summed E-state index contributed by atoms with van der Waals surface area (Å²) in [6.07, 6.45) is 3.08. The Hall–Kier alpha value is -2.73. The number of methoxy groups -OCH3 is 2. The third kappa shape index (κ3) is 2.88. The minimum atomic E-state index is -0.545. The van der Waals surface area contributed by atoms with Crippen LogP contribution in [0.5, 0.6) is 11.5 Å². The summed E-state index contributed by atoms with van der Waals surface area (Å²) in [6.45, 7) is 1.77. The van der Waals surface area contributed by atoms with Crippen molar-refractivity contribution in [3.63, 3.8) is 0 Å². The van der Waals surface area contributed by atoms with Crippen molar-refractivity contribution in [3.05, 3.63) is 52.1 Å². The molecule has 0 amide bonds. The van der Waals surface area contributed by atoms with Crippen LogP contribution >= 0.6 is 11.6 Å². The Balaban J connectivity index is 1.99. The number of aliphatic imine (C=N–C) groups is 1. The number of furan rings is 1. The van der Waals surface area contributed by atoms with Crippen LogP contribution in [0.15, 0.2) is 39.6 Å². The number of ether oxygens (including phenoxy) is 3. The molecule has 2 heterocycles. The van der Waals surface area contributed by atoms with Crippen LogP contribution in [0.25, 0.3) is 6.08 Å². The molecule has 0 spiro atoms. The number of benzene rings is 1. The summed E-state index contributed by atoms with van der Waals surface area (Å²) in [5.41, 5.74) is 1.43. The highest BCUT2D eigenvalue weighted by atomic mass is 35.5. The summed E-state index contributed by atoms with van der Waals surface area (Å²) >= 11 is 6.17. The number of rotatable bonds is 4. The first-order valence-electron chi connectivity index (χ1n) is 7.02. The molecule has 1 aliphatic rings. The van der Waals surface area contributed by atoms with Gasteiger partial charge in [0, 0.05) is 0 Å². The zero-order chi connectivity index (χ0) is 17.3. The van der Waals surface area contributed by atoms with Crippen LogP contribution in [0.4, 0.5) is 0 Å². The van der Waals surface area contributed by atoms with Gasteiger partial charge in [-0.3, -0.25) is 0 Å². The van der Waals surface area contributed by atoms with E-state index >= 15 is 0 Å². The van der Waals surface area contributed by atoms with Crippen LogP contribution in [0.3, 0.4) is 0 Å². The van der Waals surface area contributed by atoms with E-state index in [1.165, 1.54) is 20.5 Å². The Morgan fingerprint density at radius 1 is 1.25 bits per heavy atom. The largest absolute Gasteiger partial charge is 0.493 e. The first-order valence-corrected chi connectivity index (χ1v) is 7.40.